The summed E-state index contributed by atoms with van der Waals surface area (Å²) in [6, 6.07) is 4.03. The minimum absolute atomic E-state index is 0.0618. The summed E-state index contributed by atoms with van der Waals surface area (Å²) in [5, 5.41) is 0. The smallest absolute Gasteiger partial charge is 0.223 e. The molecule has 0 N–H and O–H groups in total. The van der Waals surface area contributed by atoms with Crippen LogP contribution in [0.5, 0.6) is 17.2 Å². The lowest BCUT2D eigenvalue weighted by molar-refractivity contribution is -0.114. The van der Waals surface area contributed by atoms with Crippen molar-refractivity contribution in [1.29, 1.82) is 0 Å². The van der Waals surface area contributed by atoms with Crippen molar-refractivity contribution in [1.82, 2.24) is 0 Å². The predicted octanol–water partition coefficient (Wildman–Crippen LogP) is 3.61. The molecule has 28 heavy (non-hydrogen) atoms. The van der Waals surface area contributed by atoms with Gasteiger partial charge in [-0.3, -0.25) is 4.79 Å². The van der Waals surface area contributed by atoms with E-state index in [-0.39, 0.29) is 29.1 Å². The summed E-state index contributed by atoms with van der Waals surface area (Å²) in [6.45, 7) is 2.21. The first-order chi connectivity index (χ1) is 13.5. The van der Waals surface area contributed by atoms with Gasteiger partial charge in [-0.15, -0.1) is 0 Å². The molecule has 0 radical (unpaired) electrons. The van der Waals surface area contributed by atoms with Gasteiger partial charge in [0.1, 0.15) is 11.9 Å². The zero-order valence-corrected chi connectivity index (χ0v) is 16.9. The number of fused-ring (bicyclic) bond motifs is 1. The second-order valence-electron chi connectivity index (χ2n) is 7.66. The number of methoxy groups -OCH3 is 4. The average Bonchev–Trinajstić information content (AvgIpc) is 3.02. The number of hydrogen-bond acceptors (Lipinski definition) is 6. The Hall–Kier alpha value is -2.63. The molecule has 4 rings (SSSR count). The van der Waals surface area contributed by atoms with Crippen LogP contribution in [0.2, 0.25) is 0 Å². The molecule has 1 aromatic carbocycles. The van der Waals surface area contributed by atoms with Crippen molar-refractivity contribution in [2.75, 3.05) is 28.4 Å². The molecule has 6 nitrogen and oxygen atoms in total. The van der Waals surface area contributed by atoms with Crippen LogP contribution in [0.3, 0.4) is 0 Å². The van der Waals surface area contributed by atoms with Gasteiger partial charge in [0.25, 0.3) is 0 Å². The summed E-state index contributed by atoms with van der Waals surface area (Å²) in [4.78, 5) is 12.3. The van der Waals surface area contributed by atoms with Gasteiger partial charge < -0.3 is 23.7 Å². The van der Waals surface area contributed by atoms with Gasteiger partial charge >= 0.3 is 0 Å². The highest BCUT2D eigenvalue weighted by Crippen LogP contribution is 2.61. The first kappa shape index (κ1) is 18.7. The van der Waals surface area contributed by atoms with E-state index in [0.29, 0.717) is 23.0 Å². The SMILES string of the molecule is COC1=C[C@]23C[C@@H](C[C@H](c4cc(OC)c(OC)c(OC)c4)[C@@H]2C)OC3=CC1=O. The van der Waals surface area contributed by atoms with Gasteiger partial charge in [0.2, 0.25) is 11.5 Å². The van der Waals surface area contributed by atoms with E-state index in [1.807, 2.05) is 18.2 Å². The highest BCUT2D eigenvalue weighted by molar-refractivity contribution is 6.04. The molecule has 2 bridgehead atoms. The standard InChI is InChI=1S/C22H26O6/c1-12-15(13-6-17(24-2)21(27-5)18(7-13)25-3)8-14-10-22(12)11-19(26-4)16(23)9-20(22)28-14/h6-7,9,11-12,14-15H,8,10H2,1-5H3/t12-,14+,15-,22+/m0/s1. The Kier molecular flexibility index (Phi) is 4.52. The van der Waals surface area contributed by atoms with Gasteiger partial charge in [0.15, 0.2) is 17.3 Å². The first-order valence-corrected chi connectivity index (χ1v) is 9.47. The molecule has 2 aliphatic carbocycles. The zero-order chi connectivity index (χ0) is 20.1. The Morgan fingerprint density at radius 3 is 2.29 bits per heavy atom. The number of benzene rings is 1. The first-order valence-electron chi connectivity index (χ1n) is 9.47. The summed E-state index contributed by atoms with van der Waals surface area (Å²) in [6.07, 6.45) is 5.36. The molecule has 1 aliphatic heterocycles. The van der Waals surface area contributed by atoms with Crippen molar-refractivity contribution in [3.05, 3.63) is 41.4 Å². The molecule has 150 valence electrons. The summed E-state index contributed by atoms with van der Waals surface area (Å²) >= 11 is 0. The minimum atomic E-state index is -0.326. The number of hydrogen-bond donors (Lipinski definition) is 0. The van der Waals surface area contributed by atoms with E-state index >= 15 is 0 Å². The fourth-order valence-electron chi connectivity index (χ4n) is 5.02. The maximum absolute atomic E-state index is 12.3. The maximum Gasteiger partial charge on any atom is 0.223 e. The summed E-state index contributed by atoms with van der Waals surface area (Å²) < 4.78 is 28.1. The number of carbonyl (C=O) groups excluding carboxylic acids is 1. The van der Waals surface area contributed by atoms with E-state index in [0.717, 1.165) is 24.2 Å². The lowest BCUT2D eigenvalue weighted by atomic mass is 9.59. The highest BCUT2D eigenvalue weighted by atomic mass is 16.5. The van der Waals surface area contributed by atoms with E-state index in [2.05, 4.69) is 6.92 Å². The molecule has 6 heteroatoms. The van der Waals surface area contributed by atoms with Crippen molar-refractivity contribution in [2.24, 2.45) is 11.3 Å². The maximum atomic E-state index is 12.3. The van der Waals surface area contributed by atoms with Crippen LogP contribution < -0.4 is 14.2 Å². The van der Waals surface area contributed by atoms with Crippen molar-refractivity contribution < 1.29 is 28.5 Å². The number of ether oxygens (including phenoxy) is 5. The third-order valence-electron chi connectivity index (χ3n) is 6.48. The molecular weight excluding hydrogens is 360 g/mol. The van der Waals surface area contributed by atoms with Gasteiger partial charge in [-0.25, -0.2) is 0 Å². The van der Waals surface area contributed by atoms with Crippen molar-refractivity contribution in [3.63, 3.8) is 0 Å². The molecular formula is C22H26O6. The topological polar surface area (TPSA) is 63.2 Å². The molecule has 0 unspecified atom stereocenters. The van der Waals surface area contributed by atoms with E-state index in [1.54, 1.807) is 27.4 Å². The normalized spacial score (nSPS) is 30.6. The van der Waals surface area contributed by atoms with Crippen LogP contribution >= 0.6 is 0 Å². The van der Waals surface area contributed by atoms with Gasteiger partial charge in [0.05, 0.1) is 33.9 Å². The fourth-order valence-corrected chi connectivity index (χ4v) is 5.02. The van der Waals surface area contributed by atoms with Gasteiger partial charge in [-0.2, -0.15) is 0 Å². The lowest BCUT2D eigenvalue weighted by Gasteiger charge is -2.41. The molecule has 0 amide bonds. The summed E-state index contributed by atoms with van der Waals surface area (Å²) in [5.41, 5.74) is 0.785. The van der Waals surface area contributed by atoms with E-state index in [1.165, 1.54) is 7.11 Å². The number of carbonyl (C=O) groups is 1. The molecule has 1 spiro atoms. The van der Waals surface area contributed by atoms with Crippen LogP contribution in [-0.4, -0.2) is 40.3 Å². The summed E-state index contributed by atoms with van der Waals surface area (Å²) in [5.74, 6) is 3.31. The highest BCUT2D eigenvalue weighted by Gasteiger charge is 2.57. The van der Waals surface area contributed by atoms with E-state index in [9.17, 15) is 4.79 Å². The third kappa shape index (κ3) is 2.58. The lowest BCUT2D eigenvalue weighted by Crippen LogP contribution is -2.37. The quantitative estimate of drug-likeness (QED) is 0.770. The van der Waals surface area contributed by atoms with Crippen molar-refractivity contribution >= 4 is 5.78 Å². The van der Waals surface area contributed by atoms with Crippen LogP contribution in [0.25, 0.3) is 0 Å². The second-order valence-corrected chi connectivity index (χ2v) is 7.66. The van der Waals surface area contributed by atoms with Crippen molar-refractivity contribution in [2.45, 2.75) is 31.8 Å². The van der Waals surface area contributed by atoms with Gasteiger partial charge in [0, 0.05) is 12.5 Å². The molecule has 2 fully saturated rings. The van der Waals surface area contributed by atoms with Crippen LogP contribution in [0.1, 0.15) is 31.2 Å². The number of rotatable bonds is 5. The largest absolute Gasteiger partial charge is 0.494 e. The third-order valence-corrected chi connectivity index (χ3v) is 6.48. The van der Waals surface area contributed by atoms with E-state index in [4.69, 9.17) is 23.7 Å². The van der Waals surface area contributed by atoms with E-state index < -0.39 is 0 Å². The predicted molar refractivity (Wildman–Crippen MR) is 103 cm³/mol. The fraction of sp³-hybridized carbons (Fsp3) is 0.500. The van der Waals surface area contributed by atoms with Gasteiger partial charge in [-0.05, 0) is 42.0 Å². The minimum Gasteiger partial charge on any atom is -0.494 e. The summed E-state index contributed by atoms with van der Waals surface area (Å²) in [7, 11) is 6.39. The molecule has 1 saturated carbocycles. The Morgan fingerprint density at radius 2 is 1.71 bits per heavy atom. The Labute approximate surface area is 165 Å². The molecule has 1 aromatic rings. The van der Waals surface area contributed by atoms with Crippen LogP contribution in [0.15, 0.2) is 35.8 Å². The molecule has 0 aromatic heterocycles. The number of ketones is 1. The van der Waals surface area contributed by atoms with Crippen LogP contribution in [0, 0.1) is 11.3 Å². The second kappa shape index (κ2) is 6.76. The monoisotopic (exact) mass is 386 g/mol. The molecule has 1 saturated heterocycles. The Balaban J connectivity index is 1.79. The number of allylic oxidation sites excluding steroid dienone is 2. The molecule has 3 aliphatic rings. The van der Waals surface area contributed by atoms with Crippen LogP contribution in [0.4, 0.5) is 0 Å². The zero-order valence-electron chi connectivity index (χ0n) is 16.9. The molecule has 4 atom stereocenters. The Bertz CT molecular complexity index is 845. The van der Waals surface area contributed by atoms with Gasteiger partial charge in [-0.1, -0.05) is 6.92 Å². The molecule has 1 heterocycles. The van der Waals surface area contributed by atoms with Crippen LogP contribution in [-0.2, 0) is 14.3 Å². The Morgan fingerprint density at radius 1 is 1.04 bits per heavy atom. The average molecular weight is 386 g/mol. The van der Waals surface area contributed by atoms with Crippen molar-refractivity contribution in [3.8, 4) is 17.2 Å².